The Balaban J connectivity index is 2.05. The first-order valence-corrected chi connectivity index (χ1v) is 9.59. The molecule has 3 rings (SSSR count). The molecule has 0 saturated carbocycles. The Morgan fingerprint density at radius 2 is 1.78 bits per heavy atom. The molecule has 6 heteroatoms. The Hall–Kier alpha value is -2.60. The van der Waals surface area contributed by atoms with Crippen LogP contribution in [0.1, 0.15) is 26.3 Å². The van der Waals surface area contributed by atoms with Gasteiger partial charge in [-0.1, -0.05) is 34.1 Å². The number of hydrogen-bond donors (Lipinski definition) is 1. The second-order valence-electron chi connectivity index (χ2n) is 6.42. The van der Waals surface area contributed by atoms with E-state index < -0.39 is 0 Å². The highest BCUT2D eigenvalue weighted by Gasteiger charge is 2.40. The van der Waals surface area contributed by atoms with Crippen molar-refractivity contribution in [2.75, 3.05) is 11.9 Å². The summed E-state index contributed by atoms with van der Waals surface area (Å²) in [5.41, 5.74) is 2.07. The Bertz CT molecular complexity index is 904. The van der Waals surface area contributed by atoms with Gasteiger partial charge in [0.1, 0.15) is 11.4 Å². The van der Waals surface area contributed by atoms with Crippen molar-refractivity contribution in [1.29, 1.82) is 0 Å². The third-order valence-corrected chi connectivity index (χ3v) is 4.67. The minimum atomic E-state index is -0.320. The van der Waals surface area contributed by atoms with Gasteiger partial charge < -0.3 is 10.1 Å². The van der Waals surface area contributed by atoms with Crippen LogP contribution in [0.4, 0.5) is 5.69 Å². The number of imide groups is 1. The number of amides is 2. The molecule has 27 heavy (non-hydrogen) atoms. The van der Waals surface area contributed by atoms with Gasteiger partial charge in [0.15, 0.2) is 0 Å². The molecule has 5 nitrogen and oxygen atoms in total. The van der Waals surface area contributed by atoms with Crippen LogP contribution >= 0.6 is 15.9 Å². The first kappa shape index (κ1) is 19.2. The molecule has 1 heterocycles. The lowest BCUT2D eigenvalue weighted by atomic mass is 10.0. The van der Waals surface area contributed by atoms with Crippen molar-refractivity contribution < 1.29 is 14.3 Å². The number of carbonyl (C=O) groups excluding carboxylic acids is 2. The van der Waals surface area contributed by atoms with Crippen molar-refractivity contribution in [3.05, 3.63) is 64.3 Å². The van der Waals surface area contributed by atoms with Gasteiger partial charge in [-0.15, -0.1) is 0 Å². The molecule has 1 aliphatic rings. The molecule has 0 spiro atoms. The van der Waals surface area contributed by atoms with E-state index >= 15 is 0 Å². The number of anilines is 1. The van der Waals surface area contributed by atoms with Gasteiger partial charge in [-0.05, 0) is 56.7 Å². The van der Waals surface area contributed by atoms with E-state index in [1.54, 1.807) is 24.3 Å². The van der Waals surface area contributed by atoms with Gasteiger partial charge in [0, 0.05) is 16.2 Å². The van der Waals surface area contributed by atoms with E-state index in [9.17, 15) is 9.59 Å². The average Bonchev–Trinajstić information content (AvgIpc) is 2.86. The SMILES string of the molecule is CCOc1ccc(C2=C(Nc3cccc(Br)c3)C(=O)N(C(C)C)C2=O)cc1. The lowest BCUT2D eigenvalue weighted by Gasteiger charge is -2.19. The maximum atomic E-state index is 13.0. The Morgan fingerprint density at radius 3 is 2.37 bits per heavy atom. The molecule has 0 bridgehead atoms. The van der Waals surface area contributed by atoms with Gasteiger partial charge in [0.05, 0.1) is 12.2 Å². The Morgan fingerprint density at radius 1 is 1.07 bits per heavy atom. The molecule has 0 unspecified atom stereocenters. The summed E-state index contributed by atoms with van der Waals surface area (Å²) < 4.78 is 6.35. The normalized spacial score (nSPS) is 14.3. The summed E-state index contributed by atoms with van der Waals surface area (Å²) in [5.74, 6) is 0.108. The molecule has 2 aromatic carbocycles. The van der Waals surface area contributed by atoms with E-state index in [1.807, 2.05) is 45.0 Å². The van der Waals surface area contributed by atoms with E-state index in [0.717, 1.165) is 15.9 Å². The minimum absolute atomic E-state index is 0.232. The zero-order chi connectivity index (χ0) is 19.6. The number of nitrogens with zero attached hydrogens (tertiary/aromatic N) is 1. The smallest absolute Gasteiger partial charge is 0.278 e. The fraction of sp³-hybridized carbons (Fsp3) is 0.238. The fourth-order valence-corrected chi connectivity index (χ4v) is 3.39. The predicted octanol–water partition coefficient (Wildman–Crippen LogP) is 4.45. The minimum Gasteiger partial charge on any atom is -0.494 e. The molecule has 2 aromatic rings. The quantitative estimate of drug-likeness (QED) is 0.690. The van der Waals surface area contributed by atoms with Crippen LogP contribution in [0.5, 0.6) is 5.75 Å². The van der Waals surface area contributed by atoms with Gasteiger partial charge >= 0.3 is 0 Å². The monoisotopic (exact) mass is 428 g/mol. The van der Waals surface area contributed by atoms with Gasteiger partial charge in [-0.25, -0.2) is 0 Å². The Labute approximate surface area is 167 Å². The first-order valence-electron chi connectivity index (χ1n) is 8.80. The van der Waals surface area contributed by atoms with Crippen molar-refractivity contribution in [2.24, 2.45) is 0 Å². The molecule has 1 aliphatic heterocycles. The van der Waals surface area contributed by atoms with Crippen LogP contribution in [0.15, 0.2) is 58.7 Å². The number of rotatable bonds is 6. The predicted molar refractivity (Wildman–Crippen MR) is 109 cm³/mol. The van der Waals surface area contributed by atoms with Crippen LogP contribution in [-0.4, -0.2) is 29.4 Å². The number of hydrogen-bond acceptors (Lipinski definition) is 4. The van der Waals surface area contributed by atoms with Crippen LogP contribution < -0.4 is 10.1 Å². The molecular formula is C21H21BrN2O3. The topological polar surface area (TPSA) is 58.6 Å². The molecule has 0 aliphatic carbocycles. The van der Waals surface area contributed by atoms with E-state index in [4.69, 9.17) is 4.74 Å². The summed E-state index contributed by atoms with van der Waals surface area (Å²) >= 11 is 3.42. The van der Waals surface area contributed by atoms with E-state index in [2.05, 4.69) is 21.2 Å². The van der Waals surface area contributed by atoms with Crippen molar-refractivity contribution in [3.8, 4) is 5.75 Å². The molecule has 0 fully saturated rings. The van der Waals surface area contributed by atoms with E-state index in [-0.39, 0.29) is 23.6 Å². The zero-order valence-corrected chi connectivity index (χ0v) is 17.0. The standard InChI is InChI=1S/C21H21BrN2O3/c1-4-27-17-10-8-14(9-11-17)18-19(21(26)24(13(2)3)20(18)25)23-16-7-5-6-15(22)12-16/h5-13,23H,4H2,1-3H3. The highest BCUT2D eigenvalue weighted by Crippen LogP contribution is 2.32. The molecule has 0 radical (unpaired) electrons. The first-order chi connectivity index (χ1) is 12.9. The molecule has 140 valence electrons. The summed E-state index contributed by atoms with van der Waals surface area (Å²) in [6, 6.07) is 14.5. The van der Waals surface area contributed by atoms with Crippen molar-refractivity contribution >= 4 is 39.0 Å². The summed E-state index contributed by atoms with van der Waals surface area (Å²) in [4.78, 5) is 27.2. The van der Waals surface area contributed by atoms with Gasteiger partial charge in [-0.3, -0.25) is 14.5 Å². The van der Waals surface area contributed by atoms with Gasteiger partial charge in [0.2, 0.25) is 0 Å². The van der Waals surface area contributed by atoms with Crippen LogP contribution in [0, 0.1) is 0 Å². The van der Waals surface area contributed by atoms with E-state index in [0.29, 0.717) is 17.7 Å². The largest absolute Gasteiger partial charge is 0.494 e. The summed E-state index contributed by atoms with van der Waals surface area (Å²) in [7, 11) is 0. The second kappa shape index (κ2) is 7.96. The maximum absolute atomic E-state index is 13.0. The van der Waals surface area contributed by atoms with Crippen LogP contribution in [-0.2, 0) is 9.59 Å². The average molecular weight is 429 g/mol. The number of halogens is 1. The van der Waals surface area contributed by atoms with E-state index in [1.165, 1.54) is 4.90 Å². The van der Waals surface area contributed by atoms with Gasteiger partial charge in [-0.2, -0.15) is 0 Å². The summed E-state index contributed by atoms with van der Waals surface area (Å²) in [6.45, 7) is 6.13. The number of carbonyl (C=O) groups is 2. The highest BCUT2D eigenvalue weighted by atomic mass is 79.9. The lowest BCUT2D eigenvalue weighted by Crippen LogP contribution is -2.38. The van der Waals surface area contributed by atoms with Crippen molar-refractivity contribution in [2.45, 2.75) is 26.8 Å². The third-order valence-electron chi connectivity index (χ3n) is 4.18. The number of ether oxygens (including phenoxy) is 1. The number of nitrogens with one attached hydrogen (secondary N) is 1. The molecule has 0 saturated heterocycles. The molecule has 2 amide bonds. The molecule has 0 aromatic heterocycles. The van der Waals surface area contributed by atoms with Crippen molar-refractivity contribution in [3.63, 3.8) is 0 Å². The fourth-order valence-electron chi connectivity index (χ4n) is 2.99. The Kier molecular flexibility index (Phi) is 5.65. The molecular weight excluding hydrogens is 408 g/mol. The maximum Gasteiger partial charge on any atom is 0.278 e. The zero-order valence-electron chi connectivity index (χ0n) is 15.5. The van der Waals surface area contributed by atoms with Crippen LogP contribution in [0.25, 0.3) is 5.57 Å². The summed E-state index contributed by atoms with van der Waals surface area (Å²) in [5, 5.41) is 3.14. The second-order valence-corrected chi connectivity index (χ2v) is 7.33. The van der Waals surface area contributed by atoms with Crippen LogP contribution in [0.2, 0.25) is 0 Å². The lowest BCUT2D eigenvalue weighted by molar-refractivity contribution is -0.138. The summed E-state index contributed by atoms with van der Waals surface area (Å²) in [6.07, 6.45) is 0. The molecule has 0 atom stereocenters. The molecule has 1 N–H and O–H groups in total. The van der Waals surface area contributed by atoms with Gasteiger partial charge in [0.25, 0.3) is 11.8 Å². The van der Waals surface area contributed by atoms with Crippen LogP contribution in [0.3, 0.4) is 0 Å². The highest BCUT2D eigenvalue weighted by molar-refractivity contribution is 9.10. The third kappa shape index (κ3) is 3.90. The van der Waals surface area contributed by atoms with Crippen molar-refractivity contribution in [1.82, 2.24) is 4.90 Å². The number of benzene rings is 2.